The first kappa shape index (κ1) is 12.4. The Morgan fingerprint density at radius 1 is 1.46 bits per heavy atom. The van der Waals surface area contributed by atoms with Crippen LogP contribution in [0.2, 0.25) is 0 Å². The van der Waals surface area contributed by atoms with Crippen LogP contribution < -0.4 is 5.32 Å². The molecule has 0 bridgehead atoms. The Labute approximate surface area is 81.5 Å². The maximum atomic E-state index is 11.8. The van der Waals surface area contributed by atoms with Gasteiger partial charge in [0.05, 0.1) is 0 Å². The number of likely N-dealkylation sites (N-methyl/N-ethyl adjacent to an activating group) is 2. The minimum absolute atomic E-state index is 0.220. The van der Waals surface area contributed by atoms with E-state index in [9.17, 15) is 4.79 Å². The molecule has 0 atom stereocenters. The largest absolute Gasteiger partial charge is 0.344 e. The molecule has 3 nitrogen and oxygen atoms in total. The van der Waals surface area contributed by atoms with Gasteiger partial charge in [-0.25, -0.2) is 0 Å². The Morgan fingerprint density at radius 2 is 2.00 bits per heavy atom. The molecule has 0 fully saturated rings. The van der Waals surface area contributed by atoms with Crippen LogP contribution in [0.3, 0.4) is 0 Å². The minimum Gasteiger partial charge on any atom is -0.344 e. The summed E-state index contributed by atoms with van der Waals surface area (Å²) < 4.78 is 0. The molecule has 0 saturated carbocycles. The predicted molar refractivity (Wildman–Crippen MR) is 55.6 cm³/mol. The lowest BCUT2D eigenvalue weighted by Gasteiger charge is -2.28. The molecule has 0 aliphatic rings. The van der Waals surface area contributed by atoms with Crippen LogP contribution in [0.4, 0.5) is 0 Å². The van der Waals surface area contributed by atoms with Crippen LogP contribution in [-0.4, -0.2) is 38.0 Å². The van der Waals surface area contributed by atoms with Crippen LogP contribution in [0, 0.1) is 5.41 Å². The van der Waals surface area contributed by atoms with Crippen molar-refractivity contribution >= 4 is 5.91 Å². The van der Waals surface area contributed by atoms with Gasteiger partial charge in [-0.05, 0) is 13.5 Å². The average molecular weight is 186 g/mol. The summed E-state index contributed by atoms with van der Waals surface area (Å²) in [5.74, 6) is 0.227. The molecule has 0 aromatic carbocycles. The molecule has 0 heterocycles. The molecule has 0 aliphatic heterocycles. The monoisotopic (exact) mass is 186 g/mol. The number of hydrogen-bond donors (Lipinski definition) is 1. The first-order valence-electron chi connectivity index (χ1n) is 4.86. The predicted octanol–water partition coefficient (Wildman–Crippen LogP) is 1.10. The molecule has 0 aromatic rings. The Morgan fingerprint density at radius 3 is 2.38 bits per heavy atom. The van der Waals surface area contributed by atoms with Crippen LogP contribution in [0.5, 0.6) is 0 Å². The summed E-state index contributed by atoms with van der Waals surface area (Å²) in [4.78, 5) is 13.6. The lowest BCUT2D eigenvalue weighted by Crippen LogP contribution is -2.40. The summed E-state index contributed by atoms with van der Waals surface area (Å²) in [6.45, 7) is 7.65. The Balaban J connectivity index is 4.09. The van der Waals surface area contributed by atoms with E-state index in [1.54, 1.807) is 4.90 Å². The van der Waals surface area contributed by atoms with Crippen LogP contribution >= 0.6 is 0 Å². The van der Waals surface area contributed by atoms with E-state index in [-0.39, 0.29) is 11.3 Å². The molecular weight excluding hydrogens is 164 g/mol. The van der Waals surface area contributed by atoms with Crippen molar-refractivity contribution in [1.82, 2.24) is 10.2 Å². The molecule has 0 aromatic heterocycles. The van der Waals surface area contributed by atoms with E-state index < -0.39 is 0 Å². The first-order valence-corrected chi connectivity index (χ1v) is 4.86. The van der Waals surface area contributed by atoms with E-state index in [4.69, 9.17) is 0 Å². The van der Waals surface area contributed by atoms with E-state index in [1.165, 1.54) is 0 Å². The van der Waals surface area contributed by atoms with Crippen molar-refractivity contribution in [2.24, 2.45) is 5.41 Å². The molecule has 78 valence electrons. The van der Waals surface area contributed by atoms with Crippen molar-refractivity contribution in [2.75, 3.05) is 27.2 Å². The average Bonchev–Trinajstić information content (AvgIpc) is 2.12. The number of carbonyl (C=O) groups excluding carboxylic acids is 1. The molecule has 0 rings (SSSR count). The number of amides is 1. The van der Waals surface area contributed by atoms with Gasteiger partial charge in [-0.15, -0.1) is 0 Å². The highest BCUT2D eigenvalue weighted by Gasteiger charge is 2.27. The third-order valence-electron chi connectivity index (χ3n) is 2.51. The van der Waals surface area contributed by atoms with E-state index in [1.807, 2.05) is 34.9 Å². The zero-order valence-corrected chi connectivity index (χ0v) is 9.48. The van der Waals surface area contributed by atoms with Crippen LogP contribution in [0.15, 0.2) is 0 Å². The molecule has 0 aliphatic carbocycles. The molecular formula is C10H22N2O. The second-order valence-electron chi connectivity index (χ2n) is 4.07. The van der Waals surface area contributed by atoms with Gasteiger partial charge in [-0.3, -0.25) is 4.79 Å². The van der Waals surface area contributed by atoms with Crippen molar-refractivity contribution in [1.29, 1.82) is 0 Å². The minimum atomic E-state index is -0.220. The molecule has 0 unspecified atom stereocenters. The highest BCUT2D eigenvalue weighted by molar-refractivity contribution is 5.81. The molecule has 13 heavy (non-hydrogen) atoms. The van der Waals surface area contributed by atoms with Gasteiger partial charge in [0.2, 0.25) is 5.91 Å². The third kappa shape index (κ3) is 3.77. The van der Waals surface area contributed by atoms with Gasteiger partial charge in [-0.1, -0.05) is 20.8 Å². The molecule has 0 radical (unpaired) electrons. The van der Waals surface area contributed by atoms with Crippen LogP contribution in [0.25, 0.3) is 0 Å². The lowest BCUT2D eigenvalue weighted by atomic mass is 9.89. The number of rotatable bonds is 5. The van der Waals surface area contributed by atoms with Gasteiger partial charge < -0.3 is 10.2 Å². The third-order valence-corrected chi connectivity index (χ3v) is 2.51. The zero-order valence-electron chi connectivity index (χ0n) is 9.48. The molecule has 0 saturated heterocycles. The van der Waals surface area contributed by atoms with E-state index >= 15 is 0 Å². The van der Waals surface area contributed by atoms with Gasteiger partial charge in [-0.2, -0.15) is 0 Å². The van der Waals surface area contributed by atoms with Gasteiger partial charge in [0.1, 0.15) is 0 Å². The number of carbonyl (C=O) groups is 1. The quantitative estimate of drug-likeness (QED) is 0.697. The second-order valence-corrected chi connectivity index (χ2v) is 4.07. The summed E-state index contributed by atoms with van der Waals surface area (Å²) >= 11 is 0. The van der Waals surface area contributed by atoms with Gasteiger partial charge in [0.25, 0.3) is 0 Å². The molecule has 1 N–H and O–H groups in total. The maximum Gasteiger partial charge on any atom is 0.228 e. The number of hydrogen-bond acceptors (Lipinski definition) is 2. The zero-order chi connectivity index (χ0) is 10.5. The molecule has 0 spiro atoms. The van der Waals surface area contributed by atoms with Crippen molar-refractivity contribution in [3.63, 3.8) is 0 Å². The maximum absolute atomic E-state index is 11.8. The van der Waals surface area contributed by atoms with Crippen LogP contribution in [-0.2, 0) is 4.79 Å². The fraction of sp³-hybridized carbons (Fsp3) is 0.900. The SMILES string of the molecule is CCC(C)(C)C(=O)N(C)CCNC. The van der Waals surface area contributed by atoms with E-state index in [2.05, 4.69) is 5.32 Å². The Bertz CT molecular complexity index is 166. The molecule has 1 amide bonds. The lowest BCUT2D eigenvalue weighted by molar-refractivity contribution is -0.139. The topological polar surface area (TPSA) is 32.3 Å². The Hall–Kier alpha value is -0.570. The van der Waals surface area contributed by atoms with Gasteiger partial charge in [0, 0.05) is 25.6 Å². The van der Waals surface area contributed by atoms with E-state index in [0.29, 0.717) is 0 Å². The normalized spacial score (nSPS) is 11.5. The summed E-state index contributed by atoms with van der Waals surface area (Å²) in [6.07, 6.45) is 0.885. The molecule has 3 heteroatoms. The van der Waals surface area contributed by atoms with Crippen molar-refractivity contribution in [2.45, 2.75) is 27.2 Å². The number of nitrogens with zero attached hydrogens (tertiary/aromatic N) is 1. The summed E-state index contributed by atoms with van der Waals surface area (Å²) in [5, 5.41) is 3.03. The van der Waals surface area contributed by atoms with Gasteiger partial charge >= 0.3 is 0 Å². The highest BCUT2D eigenvalue weighted by atomic mass is 16.2. The Kier molecular flexibility index (Phi) is 4.99. The van der Waals surface area contributed by atoms with E-state index in [0.717, 1.165) is 19.5 Å². The summed E-state index contributed by atoms with van der Waals surface area (Å²) in [5.41, 5.74) is -0.220. The smallest absolute Gasteiger partial charge is 0.228 e. The van der Waals surface area contributed by atoms with Crippen molar-refractivity contribution in [3.8, 4) is 0 Å². The highest BCUT2D eigenvalue weighted by Crippen LogP contribution is 2.21. The number of nitrogens with one attached hydrogen (secondary N) is 1. The second kappa shape index (κ2) is 5.22. The fourth-order valence-electron chi connectivity index (χ4n) is 1.05. The van der Waals surface area contributed by atoms with Gasteiger partial charge in [0.15, 0.2) is 0 Å². The summed E-state index contributed by atoms with van der Waals surface area (Å²) in [6, 6.07) is 0. The standard InChI is InChI=1S/C10H22N2O/c1-6-10(2,3)9(13)12(5)8-7-11-4/h11H,6-8H2,1-5H3. The van der Waals surface area contributed by atoms with Crippen molar-refractivity contribution in [3.05, 3.63) is 0 Å². The fourth-order valence-corrected chi connectivity index (χ4v) is 1.05. The van der Waals surface area contributed by atoms with Crippen LogP contribution in [0.1, 0.15) is 27.2 Å². The summed E-state index contributed by atoms with van der Waals surface area (Å²) in [7, 11) is 3.75. The first-order chi connectivity index (χ1) is 5.95. The van der Waals surface area contributed by atoms with Crippen molar-refractivity contribution < 1.29 is 4.79 Å².